The number of aliphatic hydroxyl groups excluding tert-OH is 1. The van der Waals surface area contributed by atoms with Gasteiger partial charge in [-0.25, -0.2) is 8.42 Å². The highest BCUT2D eigenvalue weighted by atomic mass is 32.2. The Labute approximate surface area is 66.4 Å². The number of aliphatic hydroxyl groups is 1. The van der Waals surface area contributed by atoms with Crippen LogP contribution in [-0.4, -0.2) is 31.1 Å². The molecule has 0 fully saturated rings. The Kier molecular flexibility index (Phi) is 4.08. The van der Waals surface area contributed by atoms with Crippen molar-refractivity contribution < 1.29 is 13.5 Å². The molecule has 0 saturated heterocycles. The lowest BCUT2D eigenvalue weighted by molar-refractivity contribution is 0.202. The molecule has 0 aliphatic carbocycles. The molecule has 64 valence electrons. The number of nitrogens with zero attached hydrogens (tertiary/aromatic N) is 1. The van der Waals surface area contributed by atoms with Gasteiger partial charge in [0.1, 0.15) is 0 Å². The third-order valence-corrected chi connectivity index (χ3v) is 2.99. The first kappa shape index (κ1) is 10.4. The molecule has 0 aromatic carbocycles. The second kappa shape index (κ2) is 4.31. The van der Waals surface area contributed by atoms with Gasteiger partial charge in [0.15, 0.2) is 9.84 Å². The minimum Gasteiger partial charge on any atom is -0.391 e. The van der Waals surface area contributed by atoms with Crippen LogP contribution in [0.1, 0.15) is 13.3 Å². The number of hydrogen-bond donors (Lipinski definition) is 1. The summed E-state index contributed by atoms with van der Waals surface area (Å²) in [6, 6.07) is 1.70. The molecule has 0 bridgehead atoms. The predicted octanol–water partition coefficient (Wildman–Crippen LogP) is -0.304. The number of hydrogen-bond acceptors (Lipinski definition) is 4. The normalized spacial score (nSPS) is 13.9. The van der Waals surface area contributed by atoms with Crippen LogP contribution in [0.4, 0.5) is 0 Å². The fraction of sp³-hybridized carbons (Fsp3) is 0.833. The average Bonchev–Trinajstić information content (AvgIpc) is 1.87. The van der Waals surface area contributed by atoms with Crippen molar-refractivity contribution in [3.05, 3.63) is 0 Å². The van der Waals surface area contributed by atoms with Crippen molar-refractivity contribution >= 4 is 9.84 Å². The van der Waals surface area contributed by atoms with Gasteiger partial charge in [-0.3, -0.25) is 0 Å². The van der Waals surface area contributed by atoms with Gasteiger partial charge in [0.05, 0.1) is 24.3 Å². The topological polar surface area (TPSA) is 78.2 Å². The van der Waals surface area contributed by atoms with Gasteiger partial charge in [-0.15, -0.1) is 0 Å². The van der Waals surface area contributed by atoms with Crippen LogP contribution >= 0.6 is 0 Å². The van der Waals surface area contributed by atoms with Crippen LogP contribution in [0.25, 0.3) is 0 Å². The van der Waals surface area contributed by atoms with Crippen molar-refractivity contribution in [3.8, 4) is 6.07 Å². The molecule has 0 spiro atoms. The van der Waals surface area contributed by atoms with Crippen molar-refractivity contribution in [2.45, 2.75) is 19.4 Å². The summed E-state index contributed by atoms with van der Waals surface area (Å²) in [6.07, 6.45) is -1.16. The quantitative estimate of drug-likeness (QED) is 0.639. The molecule has 1 unspecified atom stereocenters. The lowest BCUT2D eigenvalue weighted by Gasteiger charge is -2.04. The van der Waals surface area contributed by atoms with E-state index >= 15 is 0 Å². The molecule has 0 heterocycles. The standard InChI is InChI=1S/C6H11NO3S/c1-2-11(9,10)5-6(8)3-4-7/h6,8H,2-3,5H2,1H3. The minimum atomic E-state index is -3.14. The Hall–Kier alpha value is -0.600. The van der Waals surface area contributed by atoms with Gasteiger partial charge in [-0.1, -0.05) is 6.92 Å². The van der Waals surface area contributed by atoms with Crippen LogP contribution in [0, 0.1) is 11.3 Å². The van der Waals surface area contributed by atoms with Crippen molar-refractivity contribution in [3.63, 3.8) is 0 Å². The van der Waals surface area contributed by atoms with Gasteiger partial charge >= 0.3 is 0 Å². The van der Waals surface area contributed by atoms with Crippen molar-refractivity contribution in [1.82, 2.24) is 0 Å². The van der Waals surface area contributed by atoms with E-state index in [2.05, 4.69) is 0 Å². The molecule has 0 rings (SSSR count). The Morgan fingerprint density at radius 1 is 1.64 bits per heavy atom. The van der Waals surface area contributed by atoms with Crippen molar-refractivity contribution in [2.75, 3.05) is 11.5 Å². The van der Waals surface area contributed by atoms with Gasteiger partial charge in [0.2, 0.25) is 0 Å². The lowest BCUT2D eigenvalue weighted by atomic mass is 10.3. The summed E-state index contributed by atoms with van der Waals surface area (Å²) in [4.78, 5) is 0. The zero-order valence-electron chi connectivity index (χ0n) is 6.32. The Morgan fingerprint density at radius 3 is 2.55 bits per heavy atom. The zero-order valence-corrected chi connectivity index (χ0v) is 7.13. The van der Waals surface area contributed by atoms with Gasteiger partial charge in [-0.05, 0) is 0 Å². The molecular weight excluding hydrogens is 166 g/mol. The first-order valence-corrected chi connectivity index (χ1v) is 5.09. The Morgan fingerprint density at radius 2 is 2.18 bits per heavy atom. The first-order chi connectivity index (χ1) is 5.02. The number of rotatable bonds is 4. The molecule has 0 aliphatic heterocycles. The fourth-order valence-corrected chi connectivity index (χ4v) is 1.52. The molecule has 4 nitrogen and oxygen atoms in total. The van der Waals surface area contributed by atoms with Crippen LogP contribution < -0.4 is 0 Å². The molecule has 1 atom stereocenters. The summed E-state index contributed by atoms with van der Waals surface area (Å²) in [5, 5.41) is 17.0. The van der Waals surface area contributed by atoms with Crippen LogP contribution in [-0.2, 0) is 9.84 Å². The Balaban J connectivity index is 3.97. The van der Waals surface area contributed by atoms with Crippen molar-refractivity contribution in [1.29, 1.82) is 5.26 Å². The molecule has 0 aliphatic rings. The van der Waals surface area contributed by atoms with E-state index in [1.165, 1.54) is 6.92 Å². The fourth-order valence-electron chi connectivity index (χ4n) is 0.575. The molecule has 0 amide bonds. The average molecular weight is 177 g/mol. The molecule has 0 radical (unpaired) electrons. The Bertz CT molecular complexity index is 239. The lowest BCUT2D eigenvalue weighted by Crippen LogP contribution is -2.21. The van der Waals surface area contributed by atoms with Gasteiger partial charge in [0.25, 0.3) is 0 Å². The summed E-state index contributed by atoms with van der Waals surface area (Å²) in [5.41, 5.74) is 0. The maximum atomic E-state index is 10.8. The molecule has 5 heteroatoms. The molecule has 0 saturated carbocycles. The summed E-state index contributed by atoms with van der Waals surface area (Å²) in [6.45, 7) is 1.51. The molecular formula is C6H11NO3S. The van der Waals surface area contributed by atoms with Gasteiger partial charge in [-0.2, -0.15) is 5.26 Å². The number of nitriles is 1. The zero-order chi connectivity index (χ0) is 8.91. The summed E-state index contributed by atoms with van der Waals surface area (Å²) in [5.74, 6) is -0.299. The van der Waals surface area contributed by atoms with E-state index in [9.17, 15) is 8.42 Å². The largest absolute Gasteiger partial charge is 0.391 e. The molecule has 0 aromatic heterocycles. The highest BCUT2D eigenvalue weighted by Gasteiger charge is 2.14. The maximum Gasteiger partial charge on any atom is 0.152 e. The van der Waals surface area contributed by atoms with Crippen molar-refractivity contribution in [2.24, 2.45) is 0 Å². The predicted molar refractivity (Wildman–Crippen MR) is 40.6 cm³/mol. The molecule has 0 aromatic rings. The highest BCUT2D eigenvalue weighted by Crippen LogP contribution is 1.97. The monoisotopic (exact) mass is 177 g/mol. The van der Waals surface area contributed by atoms with E-state index in [4.69, 9.17) is 10.4 Å². The third kappa shape index (κ3) is 4.76. The first-order valence-electron chi connectivity index (χ1n) is 3.27. The van der Waals surface area contributed by atoms with E-state index in [1.54, 1.807) is 6.07 Å². The maximum absolute atomic E-state index is 10.8. The highest BCUT2D eigenvalue weighted by molar-refractivity contribution is 7.91. The molecule has 1 N–H and O–H groups in total. The van der Waals surface area contributed by atoms with E-state index in [0.717, 1.165) is 0 Å². The van der Waals surface area contributed by atoms with E-state index in [-0.39, 0.29) is 17.9 Å². The summed E-state index contributed by atoms with van der Waals surface area (Å²) in [7, 11) is -3.14. The second-order valence-electron chi connectivity index (χ2n) is 2.21. The van der Waals surface area contributed by atoms with Gasteiger partial charge in [0, 0.05) is 5.75 Å². The van der Waals surface area contributed by atoms with E-state index in [0.29, 0.717) is 0 Å². The van der Waals surface area contributed by atoms with Crippen LogP contribution in [0.2, 0.25) is 0 Å². The van der Waals surface area contributed by atoms with Crippen LogP contribution in [0.3, 0.4) is 0 Å². The molecule has 11 heavy (non-hydrogen) atoms. The summed E-state index contributed by atoms with van der Waals surface area (Å²) < 4.78 is 21.6. The third-order valence-electron chi connectivity index (χ3n) is 1.21. The second-order valence-corrected chi connectivity index (χ2v) is 4.61. The van der Waals surface area contributed by atoms with Crippen LogP contribution in [0.15, 0.2) is 0 Å². The SMILES string of the molecule is CCS(=O)(=O)CC(O)CC#N. The van der Waals surface area contributed by atoms with Gasteiger partial charge < -0.3 is 5.11 Å². The summed E-state index contributed by atoms with van der Waals surface area (Å²) >= 11 is 0. The van der Waals surface area contributed by atoms with Crippen LogP contribution in [0.5, 0.6) is 0 Å². The van der Waals surface area contributed by atoms with E-state index < -0.39 is 15.9 Å². The minimum absolute atomic E-state index is 0.00941. The smallest absolute Gasteiger partial charge is 0.152 e. The number of sulfone groups is 1. The van der Waals surface area contributed by atoms with E-state index in [1.807, 2.05) is 0 Å².